The Morgan fingerprint density at radius 2 is 2.54 bits per heavy atom. The highest BCUT2D eigenvalue weighted by Crippen LogP contribution is 2.16. The standard InChI is InChI=1S/C10H10O2S/c1-3-4-5-9-6-8(7-13-9)10(11)12-2/h1,6-7H,4-5H2,2H3. The van der Waals surface area contributed by atoms with E-state index in [9.17, 15) is 4.79 Å². The van der Waals surface area contributed by atoms with E-state index in [1.165, 1.54) is 18.4 Å². The first-order valence-electron chi connectivity index (χ1n) is 3.87. The molecule has 0 unspecified atom stereocenters. The third-order valence-electron chi connectivity index (χ3n) is 1.59. The average Bonchev–Trinajstić information content (AvgIpc) is 2.62. The molecule has 0 spiro atoms. The van der Waals surface area contributed by atoms with Gasteiger partial charge in [-0.25, -0.2) is 4.79 Å². The molecule has 0 fully saturated rings. The van der Waals surface area contributed by atoms with E-state index in [1.807, 2.05) is 6.07 Å². The van der Waals surface area contributed by atoms with Crippen molar-refractivity contribution in [1.29, 1.82) is 0 Å². The van der Waals surface area contributed by atoms with Crippen LogP contribution in [-0.4, -0.2) is 13.1 Å². The van der Waals surface area contributed by atoms with Gasteiger partial charge in [-0.15, -0.1) is 23.7 Å². The molecule has 0 N–H and O–H groups in total. The molecule has 13 heavy (non-hydrogen) atoms. The molecule has 0 bridgehead atoms. The van der Waals surface area contributed by atoms with Crippen LogP contribution >= 0.6 is 11.3 Å². The summed E-state index contributed by atoms with van der Waals surface area (Å²) in [6.07, 6.45) is 6.67. The highest BCUT2D eigenvalue weighted by Gasteiger charge is 2.07. The molecule has 0 atom stereocenters. The van der Waals surface area contributed by atoms with Gasteiger partial charge in [0.25, 0.3) is 0 Å². The van der Waals surface area contributed by atoms with Crippen LogP contribution in [0.4, 0.5) is 0 Å². The first kappa shape index (κ1) is 9.82. The maximum absolute atomic E-state index is 11.0. The predicted octanol–water partition coefficient (Wildman–Crippen LogP) is 2.10. The molecule has 0 aliphatic heterocycles. The summed E-state index contributed by atoms with van der Waals surface area (Å²) in [5.41, 5.74) is 0.611. The fourth-order valence-electron chi connectivity index (χ4n) is 0.932. The Balaban J connectivity index is 2.64. The van der Waals surface area contributed by atoms with Crippen molar-refractivity contribution in [2.45, 2.75) is 12.8 Å². The highest BCUT2D eigenvalue weighted by molar-refractivity contribution is 7.10. The van der Waals surface area contributed by atoms with Crippen LogP contribution in [0.5, 0.6) is 0 Å². The van der Waals surface area contributed by atoms with E-state index < -0.39 is 0 Å². The Morgan fingerprint density at radius 1 is 1.77 bits per heavy atom. The maximum Gasteiger partial charge on any atom is 0.338 e. The van der Waals surface area contributed by atoms with Gasteiger partial charge >= 0.3 is 5.97 Å². The van der Waals surface area contributed by atoms with Crippen LogP contribution in [-0.2, 0) is 11.2 Å². The lowest BCUT2D eigenvalue weighted by Crippen LogP contribution is -1.98. The predicted molar refractivity (Wildman–Crippen MR) is 52.8 cm³/mol. The Morgan fingerprint density at radius 3 is 3.15 bits per heavy atom. The summed E-state index contributed by atoms with van der Waals surface area (Å²) < 4.78 is 4.58. The first-order chi connectivity index (χ1) is 6.27. The van der Waals surface area contributed by atoms with E-state index in [4.69, 9.17) is 6.42 Å². The molecule has 68 valence electrons. The van der Waals surface area contributed by atoms with Crippen molar-refractivity contribution in [3.63, 3.8) is 0 Å². The van der Waals surface area contributed by atoms with Crippen molar-refractivity contribution < 1.29 is 9.53 Å². The van der Waals surface area contributed by atoms with E-state index in [0.29, 0.717) is 12.0 Å². The van der Waals surface area contributed by atoms with Crippen molar-refractivity contribution in [3.8, 4) is 12.3 Å². The van der Waals surface area contributed by atoms with Crippen molar-refractivity contribution >= 4 is 17.3 Å². The number of terminal acetylenes is 1. The molecular weight excluding hydrogens is 184 g/mol. The van der Waals surface area contributed by atoms with E-state index >= 15 is 0 Å². The summed E-state index contributed by atoms with van der Waals surface area (Å²) in [7, 11) is 1.38. The molecule has 0 saturated heterocycles. The SMILES string of the molecule is C#CCCc1cc(C(=O)OC)cs1. The maximum atomic E-state index is 11.0. The monoisotopic (exact) mass is 194 g/mol. The van der Waals surface area contributed by atoms with Gasteiger partial charge in [-0.1, -0.05) is 0 Å². The molecule has 0 amide bonds. The van der Waals surface area contributed by atoms with Crippen molar-refractivity contribution in [3.05, 3.63) is 21.9 Å². The molecule has 0 aromatic carbocycles. The number of ether oxygens (including phenoxy) is 1. The summed E-state index contributed by atoms with van der Waals surface area (Å²) in [6.45, 7) is 0. The fraction of sp³-hybridized carbons (Fsp3) is 0.300. The van der Waals surface area contributed by atoms with Crippen molar-refractivity contribution in [2.75, 3.05) is 7.11 Å². The summed E-state index contributed by atoms with van der Waals surface area (Å²) >= 11 is 1.54. The number of aryl methyl sites for hydroxylation is 1. The van der Waals surface area contributed by atoms with Crippen LogP contribution < -0.4 is 0 Å². The number of rotatable bonds is 3. The quantitative estimate of drug-likeness (QED) is 0.544. The number of carbonyl (C=O) groups excluding carboxylic acids is 1. The van der Waals surface area contributed by atoms with Gasteiger partial charge in [0.1, 0.15) is 0 Å². The lowest BCUT2D eigenvalue weighted by Gasteiger charge is -1.92. The first-order valence-corrected chi connectivity index (χ1v) is 4.75. The zero-order valence-electron chi connectivity index (χ0n) is 7.37. The molecule has 3 heteroatoms. The van der Waals surface area contributed by atoms with Crippen LogP contribution in [0.2, 0.25) is 0 Å². The molecule has 0 saturated carbocycles. The van der Waals surface area contributed by atoms with E-state index in [-0.39, 0.29) is 5.97 Å². The van der Waals surface area contributed by atoms with Gasteiger partial charge in [0, 0.05) is 16.7 Å². The number of methoxy groups -OCH3 is 1. The second kappa shape index (κ2) is 4.68. The Kier molecular flexibility index (Phi) is 3.53. The number of hydrogen-bond acceptors (Lipinski definition) is 3. The lowest BCUT2D eigenvalue weighted by atomic mass is 10.2. The molecule has 0 radical (unpaired) electrons. The normalized spacial score (nSPS) is 9.23. The van der Waals surface area contributed by atoms with Gasteiger partial charge < -0.3 is 4.74 Å². The number of carbonyl (C=O) groups is 1. The second-order valence-electron chi connectivity index (χ2n) is 2.50. The minimum absolute atomic E-state index is 0.289. The topological polar surface area (TPSA) is 26.3 Å². The zero-order valence-corrected chi connectivity index (χ0v) is 8.19. The highest BCUT2D eigenvalue weighted by atomic mass is 32.1. The summed E-state index contributed by atoms with van der Waals surface area (Å²) in [5, 5.41) is 1.79. The van der Waals surface area contributed by atoms with E-state index in [2.05, 4.69) is 10.7 Å². The summed E-state index contributed by atoms with van der Waals surface area (Å²) in [4.78, 5) is 12.2. The van der Waals surface area contributed by atoms with E-state index in [1.54, 1.807) is 5.38 Å². The van der Waals surface area contributed by atoms with Crippen LogP contribution in [0.1, 0.15) is 21.7 Å². The third-order valence-corrected chi connectivity index (χ3v) is 2.59. The average molecular weight is 194 g/mol. The third kappa shape index (κ3) is 2.60. The molecule has 1 rings (SSSR count). The number of thiophene rings is 1. The minimum atomic E-state index is -0.289. The molecule has 0 aliphatic carbocycles. The van der Waals surface area contributed by atoms with E-state index in [0.717, 1.165) is 11.3 Å². The van der Waals surface area contributed by atoms with Gasteiger partial charge in [0.2, 0.25) is 0 Å². The van der Waals surface area contributed by atoms with Crippen LogP contribution in [0, 0.1) is 12.3 Å². The summed E-state index contributed by atoms with van der Waals surface area (Å²) in [6, 6.07) is 1.83. The molecule has 1 aromatic heterocycles. The van der Waals surface area contributed by atoms with Crippen molar-refractivity contribution in [1.82, 2.24) is 0 Å². The van der Waals surface area contributed by atoms with Crippen LogP contribution in [0.25, 0.3) is 0 Å². The smallest absolute Gasteiger partial charge is 0.338 e. The Bertz CT molecular complexity index is 333. The second-order valence-corrected chi connectivity index (χ2v) is 3.49. The molecule has 2 nitrogen and oxygen atoms in total. The largest absolute Gasteiger partial charge is 0.465 e. The van der Waals surface area contributed by atoms with Crippen LogP contribution in [0.15, 0.2) is 11.4 Å². The fourth-order valence-corrected chi connectivity index (χ4v) is 1.79. The van der Waals surface area contributed by atoms with Gasteiger partial charge in [-0.05, 0) is 12.5 Å². The van der Waals surface area contributed by atoms with Gasteiger partial charge in [0.15, 0.2) is 0 Å². The van der Waals surface area contributed by atoms with Gasteiger partial charge in [-0.3, -0.25) is 0 Å². The van der Waals surface area contributed by atoms with Crippen LogP contribution in [0.3, 0.4) is 0 Å². The lowest BCUT2D eigenvalue weighted by molar-refractivity contribution is 0.0601. The van der Waals surface area contributed by atoms with Crippen molar-refractivity contribution in [2.24, 2.45) is 0 Å². The summed E-state index contributed by atoms with van der Waals surface area (Å²) in [5.74, 6) is 2.27. The van der Waals surface area contributed by atoms with Gasteiger partial charge in [-0.2, -0.15) is 0 Å². The molecule has 1 aromatic rings. The zero-order chi connectivity index (χ0) is 9.68. The Hall–Kier alpha value is -1.27. The Labute approximate surface area is 81.5 Å². The minimum Gasteiger partial charge on any atom is -0.465 e. The van der Waals surface area contributed by atoms with Gasteiger partial charge in [0.05, 0.1) is 12.7 Å². The number of esters is 1. The molecule has 0 aliphatic rings. The molecule has 1 heterocycles. The molecular formula is C10H10O2S. The number of hydrogen-bond donors (Lipinski definition) is 0.